The first kappa shape index (κ1) is 27.4. The van der Waals surface area contributed by atoms with Gasteiger partial charge in [-0.25, -0.2) is 0 Å². The molecule has 0 spiro atoms. The molecule has 1 aliphatic carbocycles. The van der Waals surface area contributed by atoms with Crippen LogP contribution in [-0.4, -0.2) is 25.4 Å². The molecule has 1 unspecified atom stereocenters. The third kappa shape index (κ3) is 10.8. The van der Waals surface area contributed by atoms with Crippen molar-refractivity contribution in [2.45, 2.75) is 135 Å². The lowest BCUT2D eigenvalue weighted by Crippen LogP contribution is -2.21. The van der Waals surface area contributed by atoms with Crippen LogP contribution in [0, 0.1) is 5.92 Å². The lowest BCUT2D eigenvalue weighted by molar-refractivity contribution is 0.0747. The van der Waals surface area contributed by atoms with Gasteiger partial charge in [0.05, 0.1) is 25.4 Å². The molecule has 1 heterocycles. The molecule has 2 aliphatic rings. The Morgan fingerprint density at radius 1 is 0.906 bits per heavy atom. The van der Waals surface area contributed by atoms with Gasteiger partial charge in [0.2, 0.25) is 0 Å². The van der Waals surface area contributed by atoms with Crippen LogP contribution in [-0.2, 0) is 9.47 Å². The highest BCUT2D eigenvalue weighted by Gasteiger charge is 2.33. The van der Waals surface area contributed by atoms with Crippen LogP contribution in [0.25, 0.3) is 0 Å². The highest BCUT2D eigenvalue weighted by Crippen LogP contribution is 2.37. The first-order chi connectivity index (χ1) is 15.8. The van der Waals surface area contributed by atoms with Crippen LogP contribution < -0.4 is 0 Å². The van der Waals surface area contributed by atoms with Gasteiger partial charge in [-0.15, -0.1) is 6.58 Å². The van der Waals surface area contributed by atoms with Gasteiger partial charge in [-0.1, -0.05) is 122 Å². The van der Waals surface area contributed by atoms with Gasteiger partial charge in [0.25, 0.3) is 0 Å². The van der Waals surface area contributed by atoms with Crippen LogP contribution in [0.1, 0.15) is 123 Å². The molecule has 0 N–H and O–H groups in total. The minimum Gasteiger partial charge on any atom is -0.373 e. The van der Waals surface area contributed by atoms with Crippen molar-refractivity contribution in [3.8, 4) is 0 Å². The Hall–Kier alpha value is -0.860. The zero-order valence-electron chi connectivity index (χ0n) is 21.4. The van der Waals surface area contributed by atoms with Gasteiger partial charge in [0, 0.05) is 5.92 Å². The van der Waals surface area contributed by atoms with Crippen LogP contribution in [0.15, 0.2) is 36.0 Å². The Morgan fingerprint density at radius 2 is 1.53 bits per heavy atom. The molecule has 0 amide bonds. The maximum atomic E-state index is 6.25. The van der Waals surface area contributed by atoms with Crippen LogP contribution >= 0.6 is 0 Å². The number of unbranched alkanes of at least 4 members (excludes halogenated alkanes) is 12. The van der Waals surface area contributed by atoms with Gasteiger partial charge in [0.15, 0.2) is 0 Å². The molecule has 2 heteroatoms. The minimum absolute atomic E-state index is 0.195. The molecule has 1 aliphatic heterocycles. The second-order valence-electron chi connectivity index (χ2n) is 10.1. The van der Waals surface area contributed by atoms with Crippen LogP contribution in [0.5, 0.6) is 0 Å². The lowest BCUT2D eigenvalue weighted by Gasteiger charge is -2.24. The number of hydrogen-bond donors (Lipinski definition) is 0. The van der Waals surface area contributed by atoms with Crippen molar-refractivity contribution in [1.82, 2.24) is 0 Å². The monoisotopic (exact) mass is 444 g/mol. The van der Waals surface area contributed by atoms with Gasteiger partial charge < -0.3 is 9.47 Å². The molecular formula is C30H52O2. The fourth-order valence-corrected chi connectivity index (χ4v) is 5.15. The third-order valence-electron chi connectivity index (χ3n) is 7.33. The summed E-state index contributed by atoms with van der Waals surface area (Å²) in [6.07, 6.45) is 29.7. The summed E-state index contributed by atoms with van der Waals surface area (Å²) in [5.74, 6) is 0.587. The maximum Gasteiger partial charge on any atom is 0.0757 e. The standard InChI is InChI=1S/C30H52O2/c1-4-7-9-11-13-15-17-19-28(6-3)31-24-26-21-22-27-25-32-30(29(27)23-26)20-18-16-14-12-10-8-5-2/h6,21-22,28-30H,3-5,7-20,23-25H2,1-2H3/t28?,29-,30-/m1/s1. The summed E-state index contributed by atoms with van der Waals surface area (Å²) in [6.45, 7) is 10.2. The summed E-state index contributed by atoms with van der Waals surface area (Å²) >= 11 is 0. The summed E-state index contributed by atoms with van der Waals surface area (Å²) < 4.78 is 12.4. The summed E-state index contributed by atoms with van der Waals surface area (Å²) in [7, 11) is 0. The Balaban J connectivity index is 1.61. The summed E-state index contributed by atoms with van der Waals surface area (Å²) in [4.78, 5) is 0. The Bertz CT molecular complexity index is 547. The lowest BCUT2D eigenvalue weighted by atomic mass is 9.84. The van der Waals surface area contributed by atoms with Gasteiger partial charge in [-0.2, -0.15) is 0 Å². The molecule has 32 heavy (non-hydrogen) atoms. The third-order valence-corrected chi connectivity index (χ3v) is 7.33. The SMILES string of the molecule is C=CC(CCCCCCCCC)OCC1=CC=C2CO[C@H](CCCCCCCCC)[C@@H]2C1. The van der Waals surface area contributed by atoms with E-state index in [0.29, 0.717) is 12.0 Å². The maximum absolute atomic E-state index is 6.25. The zero-order valence-corrected chi connectivity index (χ0v) is 21.4. The molecule has 2 nitrogen and oxygen atoms in total. The molecule has 0 radical (unpaired) electrons. The van der Waals surface area contributed by atoms with Gasteiger partial charge >= 0.3 is 0 Å². The van der Waals surface area contributed by atoms with Gasteiger partial charge in [-0.3, -0.25) is 0 Å². The molecule has 1 saturated heterocycles. The topological polar surface area (TPSA) is 18.5 Å². The highest BCUT2D eigenvalue weighted by molar-refractivity contribution is 5.30. The highest BCUT2D eigenvalue weighted by atomic mass is 16.5. The largest absolute Gasteiger partial charge is 0.373 e. The molecule has 1 fully saturated rings. The van der Waals surface area contributed by atoms with E-state index >= 15 is 0 Å². The summed E-state index contributed by atoms with van der Waals surface area (Å²) in [5.41, 5.74) is 2.94. The second kappa shape index (κ2) is 17.6. The van der Waals surface area contributed by atoms with Crippen molar-refractivity contribution in [2.24, 2.45) is 5.92 Å². The first-order valence-electron chi connectivity index (χ1n) is 14.0. The van der Waals surface area contributed by atoms with E-state index in [9.17, 15) is 0 Å². The fourth-order valence-electron chi connectivity index (χ4n) is 5.15. The molecule has 0 aromatic carbocycles. The molecular weight excluding hydrogens is 392 g/mol. The predicted molar refractivity (Wildman–Crippen MR) is 139 cm³/mol. The quantitative estimate of drug-likeness (QED) is 0.138. The molecule has 0 saturated carbocycles. The van der Waals surface area contributed by atoms with Crippen molar-refractivity contribution in [3.05, 3.63) is 36.0 Å². The number of fused-ring (bicyclic) bond motifs is 1. The molecule has 0 bridgehead atoms. The summed E-state index contributed by atoms with van der Waals surface area (Å²) in [6, 6.07) is 0. The first-order valence-corrected chi connectivity index (χ1v) is 14.0. The van der Waals surface area contributed by atoms with E-state index in [-0.39, 0.29) is 6.10 Å². The Labute approximate surface area is 199 Å². The van der Waals surface area contributed by atoms with Crippen LogP contribution in [0.3, 0.4) is 0 Å². The molecule has 2 rings (SSSR count). The number of hydrogen-bond acceptors (Lipinski definition) is 2. The number of ether oxygens (including phenoxy) is 2. The van der Waals surface area contributed by atoms with E-state index in [1.54, 1.807) is 0 Å². The smallest absolute Gasteiger partial charge is 0.0757 e. The average Bonchev–Trinajstić information content (AvgIpc) is 3.22. The van der Waals surface area contributed by atoms with E-state index in [1.165, 1.54) is 107 Å². The summed E-state index contributed by atoms with van der Waals surface area (Å²) in [5, 5.41) is 0. The minimum atomic E-state index is 0.195. The molecule has 184 valence electrons. The van der Waals surface area contributed by atoms with E-state index < -0.39 is 0 Å². The van der Waals surface area contributed by atoms with E-state index in [4.69, 9.17) is 9.47 Å². The van der Waals surface area contributed by atoms with E-state index in [2.05, 4.69) is 32.6 Å². The zero-order chi connectivity index (χ0) is 22.9. The van der Waals surface area contributed by atoms with Crippen LogP contribution in [0.4, 0.5) is 0 Å². The van der Waals surface area contributed by atoms with Crippen LogP contribution in [0.2, 0.25) is 0 Å². The fraction of sp³-hybridized carbons (Fsp3) is 0.800. The van der Waals surface area contributed by atoms with Crippen molar-refractivity contribution in [3.63, 3.8) is 0 Å². The average molecular weight is 445 g/mol. The molecule has 0 aromatic rings. The number of allylic oxidation sites excluding steroid dienone is 2. The molecule has 3 atom stereocenters. The number of rotatable bonds is 20. The Kier molecular flexibility index (Phi) is 15.1. The Morgan fingerprint density at radius 3 is 2.19 bits per heavy atom. The van der Waals surface area contributed by atoms with E-state index in [1.807, 2.05) is 6.08 Å². The van der Waals surface area contributed by atoms with Crippen molar-refractivity contribution in [2.75, 3.05) is 13.2 Å². The van der Waals surface area contributed by atoms with Gasteiger partial charge in [0.1, 0.15) is 0 Å². The molecule has 0 aromatic heterocycles. The van der Waals surface area contributed by atoms with E-state index in [0.717, 1.165) is 26.1 Å². The van der Waals surface area contributed by atoms with Crippen molar-refractivity contribution in [1.29, 1.82) is 0 Å². The second-order valence-corrected chi connectivity index (χ2v) is 10.1. The van der Waals surface area contributed by atoms with Gasteiger partial charge in [-0.05, 0) is 30.4 Å². The normalized spacial score (nSPS) is 21.2. The van der Waals surface area contributed by atoms with Crippen molar-refractivity contribution < 1.29 is 9.47 Å². The van der Waals surface area contributed by atoms with Crippen molar-refractivity contribution >= 4 is 0 Å². The predicted octanol–water partition coefficient (Wildman–Crippen LogP) is 9.11.